The normalized spacial score (nSPS) is 18.5. The summed E-state index contributed by atoms with van der Waals surface area (Å²) in [7, 11) is 0. The largest absolute Gasteiger partial charge is 0.487 e. The number of rotatable bonds is 11. The van der Waals surface area contributed by atoms with Crippen molar-refractivity contribution in [3.8, 4) is 5.75 Å². The van der Waals surface area contributed by atoms with E-state index in [4.69, 9.17) is 4.74 Å². The minimum absolute atomic E-state index is 0.0868. The van der Waals surface area contributed by atoms with Gasteiger partial charge in [-0.05, 0) is 49.3 Å². The molecule has 218 valence electrons. The summed E-state index contributed by atoms with van der Waals surface area (Å²) in [5.41, 5.74) is 3.39. The molecule has 4 aromatic rings. The minimum atomic E-state index is -0.783. The highest BCUT2D eigenvalue weighted by Gasteiger charge is 2.45. The molecule has 6 rings (SSSR count). The van der Waals surface area contributed by atoms with Crippen molar-refractivity contribution < 1.29 is 14.6 Å². The lowest BCUT2D eigenvalue weighted by Crippen LogP contribution is -2.52. The van der Waals surface area contributed by atoms with E-state index in [0.29, 0.717) is 13.0 Å². The van der Waals surface area contributed by atoms with Crippen molar-refractivity contribution in [2.24, 2.45) is 0 Å². The van der Waals surface area contributed by atoms with Gasteiger partial charge in [-0.15, -0.1) is 5.10 Å². The Bertz CT molecular complexity index is 1520. The van der Waals surface area contributed by atoms with Gasteiger partial charge in [-0.1, -0.05) is 85.4 Å². The van der Waals surface area contributed by atoms with Crippen molar-refractivity contribution in [2.75, 3.05) is 12.3 Å². The zero-order valence-corrected chi connectivity index (χ0v) is 24.8. The zero-order chi connectivity index (χ0) is 28.9. The number of ether oxygens (including phenoxy) is 1. The molecule has 2 aliphatic rings. The van der Waals surface area contributed by atoms with Crippen molar-refractivity contribution in [3.63, 3.8) is 0 Å². The van der Waals surface area contributed by atoms with Crippen LogP contribution >= 0.6 is 11.8 Å². The van der Waals surface area contributed by atoms with E-state index in [2.05, 4.69) is 46.0 Å². The number of benzene rings is 3. The molecule has 2 heterocycles. The van der Waals surface area contributed by atoms with E-state index in [1.54, 1.807) is 6.20 Å². The molecule has 1 amide bonds. The number of nitrogens with zero attached hydrogens (tertiary/aromatic N) is 2. The Hall–Kier alpha value is -3.46. The number of aliphatic hydroxyl groups is 1. The molecule has 0 radical (unpaired) electrons. The van der Waals surface area contributed by atoms with E-state index in [9.17, 15) is 9.90 Å². The van der Waals surface area contributed by atoms with Gasteiger partial charge in [0.25, 0.3) is 0 Å². The van der Waals surface area contributed by atoms with Crippen molar-refractivity contribution in [2.45, 2.75) is 74.3 Å². The lowest BCUT2D eigenvalue weighted by Gasteiger charge is -2.48. The van der Waals surface area contributed by atoms with E-state index in [1.165, 1.54) is 23.7 Å². The summed E-state index contributed by atoms with van der Waals surface area (Å²) in [4.78, 5) is 13.2. The minimum Gasteiger partial charge on any atom is -0.487 e. The number of hydrogen-bond acceptors (Lipinski definition) is 7. The molecule has 1 spiro atoms. The number of carbonyl (C=O) groups excluding carboxylic acids is 1. The van der Waals surface area contributed by atoms with Crippen molar-refractivity contribution in [1.82, 2.24) is 20.8 Å². The second-order valence-electron chi connectivity index (χ2n) is 11.5. The summed E-state index contributed by atoms with van der Waals surface area (Å²) >= 11 is 1.36. The van der Waals surface area contributed by atoms with Crippen LogP contribution in [-0.2, 0) is 17.6 Å². The van der Waals surface area contributed by atoms with Crippen LogP contribution in [0.1, 0.15) is 55.3 Å². The highest BCUT2D eigenvalue weighted by Crippen LogP contribution is 2.49. The first kappa shape index (κ1) is 28.6. The SMILES string of the molecule is CCc1ccc2c(c1)[C@@H](NC[C@@H](O)[C@H](Cc1ccccc1)NC(=O)CSc1nncc3ccccc13)CC1(CCC1)O2. The Labute approximate surface area is 251 Å². The number of hydrogen-bond donors (Lipinski definition) is 3. The maximum absolute atomic E-state index is 13.2. The molecular weight excluding hydrogens is 544 g/mol. The molecule has 0 unspecified atom stereocenters. The zero-order valence-electron chi connectivity index (χ0n) is 24.0. The van der Waals surface area contributed by atoms with Crippen LogP contribution in [0.3, 0.4) is 0 Å². The second-order valence-corrected chi connectivity index (χ2v) is 12.5. The fraction of sp³-hybridized carbons (Fsp3) is 0.382. The molecule has 0 saturated heterocycles. The van der Waals surface area contributed by atoms with Gasteiger partial charge in [0.2, 0.25) is 5.91 Å². The van der Waals surface area contributed by atoms with Gasteiger partial charge in [-0.2, -0.15) is 5.10 Å². The van der Waals surface area contributed by atoms with Gasteiger partial charge in [-0.25, -0.2) is 0 Å². The van der Waals surface area contributed by atoms with Gasteiger partial charge in [-0.3, -0.25) is 4.79 Å². The van der Waals surface area contributed by atoms with Gasteiger partial charge in [0.05, 0.1) is 24.1 Å². The third-order valence-corrected chi connectivity index (χ3v) is 9.57. The molecule has 7 nitrogen and oxygen atoms in total. The highest BCUT2D eigenvalue weighted by molar-refractivity contribution is 8.00. The van der Waals surface area contributed by atoms with Gasteiger partial charge < -0.3 is 20.5 Å². The van der Waals surface area contributed by atoms with Gasteiger partial charge >= 0.3 is 0 Å². The van der Waals surface area contributed by atoms with E-state index in [0.717, 1.165) is 58.4 Å². The van der Waals surface area contributed by atoms with Crippen LogP contribution in [0.4, 0.5) is 0 Å². The van der Waals surface area contributed by atoms with Crippen LogP contribution in [0.15, 0.2) is 84.0 Å². The quantitative estimate of drug-likeness (QED) is 0.204. The summed E-state index contributed by atoms with van der Waals surface area (Å²) in [6.07, 6.45) is 6.63. The molecule has 1 saturated carbocycles. The predicted octanol–water partition coefficient (Wildman–Crippen LogP) is 5.41. The first-order chi connectivity index (χ1) is 20.5. The number of aliphatic hydroxyl groups excluding tert-OH is 1. The Morgan fingerprint density at radius 1 is 1.10 bits per heavy atom. The van der Waals surface area contributed by atoms with Crippen molar-refractivity contribution >= 4 is 28.4 Å². The van der Waals surface area contributed by atoms with Crippen LogP contribution < -0.4 is 15.4 Å². The van der Waals surface area contributed by atoms with Crippen LogP contribution in [0.5, 0.6) is 5.75 Å². The monoisotopic (exact) mass is 582 g/mol. The third-order valence-electron chi connectivity index (χ3n) is 8.58. The number of carbonyl (C=O) groups is 1. The molecule has 1 aliphatic heterocycles. The number of nitrogens with one attached hydrogen (secondary N) is 2. The van der Waals surface area contributed by atoms with E-state index in [-0.39, 0.29) is 23.3 Å². The molecule has 42 heavy (non-hydrogen) atoms. The number of aryl methyl sites for hydroxylation is 1. The topological polar surface area (TPSA) is 96.4 Å². The van der Waals surface area contributed by atoms with Crippen LogP contribution in [-0.4, -0.2) is 51.3 Å². The lowest BCUT2D eigenvalue weighted by molar-refractivity contribution is -0.120. The summed E-state index contributed by atoms with van der Waals surface area (Å²) < 4.78 is 6.49. The molecule has 8 heteroatoms. The Kier molecular flexibility index (Phi) is 8.74. The number of aromatic nitrogens is 2. The summed E-state index contributed by atoms with van der Waals surface area (Å²) in [6.45, 7) is 2.52. The smallest absolute Gasteiger partial charge is 0.230 e. The van der Waals surface area contributed by atoms with Gasteiger partial charge in [0.1, 0.15) is 16.4 Å². The number of amides is 1. The molecule has 3 aromatic carbocycles. The average molecular weight is 583 g/mol. The Morgan fingerprint density at radius 2 is 1.90 bits per heavy atom. The molecule has 3 atom stereocenters. The maximum Gasteiger partial charge on any atom is 0.230 e. The molecule has 1 fully saturated rings. The fourth-order valence-corrected chi connectivity index (χ4v) is 6.84. The predicted molar refractivity (Wildman–Crippen MR) is 167 cm³/mol. The molecular formula is C34H38N4O3S. The fourth-order valence-electron chi connectivity index (χ4n) is 6.05. The highest BCUT2D eigenvalue weighted by atomic mass is 32.2. The van der Waals surface area contributed by atoms with E-state index >= 15 is 0 Å². The first-order valence-corrected chi connectivity index (χ1v) is 15.9. The molecule has 3 N–H and O–H groups in total. The van der Waals surface area contributed by atoms with Crippen molar-refractivity contribution in [1.29, 1.82) is 0 Å². The molecule has 1 aromatic heterocycles. The first-order valence-electron chi connectivity index (χ1n) is 14.9. The number of fused-ring (bicyclic) bond motifs is 2. The van der Waals surface area contributed by atoms with Crippen molar-refractivity contribution in [3.05, 3.63) is 95.7 Å². The van der Waals surface area contributed by atoms with Crippen LogP contribution in [0.2, 0.25) is 0 Å². The van der Waals surface area contributed by atoms with E-state index < -0.39 is 12.1 Å². The lowest BCUT2D eigenvalue weighted by atomic mass is 9.72. The molecule has 0 bridgehead atoms. The maximum atomic E-state index is 13.2. The summed E-state index contributed by atoms with van der Waals surface area (Å²) in [6, 6.07) is 24.0. The standard InChI is InChI=1S/C34H38N4O3S/c1-2-23-13-14-31-27(17-23)29(19-34(41-31)15-8-16-34)35-21-30(39)28(18-24-9-4-3-5-10-24)37-32(40)22-42-33-26-12-7-6-11-25(26)20-36-38-33/h3-7,9-14,17,20,28-30,35,39H,2,8,15-16,18-19,21-22H2,1H3,(H,37,40)/t28-,29-,30+/m0/s1. The Morgan fingerprint density at radius 3 is 2.69 bits per heavy atom. The van der Waals surface area contributed by atoms with Crippen LogP contribution in [0.25, 0.3) is 10.8 Å². The number of thioether (sulfide) groups is 1. The summed E-state index contributed by atoms with van der Waals surface area (Å²) in [5.74, 6) is 0.990. The second kappa shape index (κ2) is 12.8. The Balaban J connectivity index is 1.14. The van der Waals surface area contributed by atoms with Crippen LogP contribution in [0, 0.1) is 0 Å². The average Bonchev–Trinajstić information content (AvgIpc) is 3.01. The van der Waals surface area contributed by atoms with Gasteiger partial charge in [0, 0.05) is 35.3 Å². The third kappa shape index (κ3) is 6.46. The molecule has 1 aliphatic carbocycles. The summed E-state index contributed by atoms with van der Waals surface area (Å²) in [5, 5.41) is 29.3. The van der Waals surface area contributed by atoms with E-state index in [1.807, 2.05) is 54.6 Å². The van der Waals surface area contributed by atoms with Gasteiger partial charge in [0.15, 0.2) is 0 Å².